The Morgan fingerprint density at radius 2 is 2.00 bits per heavy atom. The van der Waals surface area contributed by atoms with Crippen molar-refractivity contribution in [3.63, 3.8) is 0 Å². The summed E-state index contributed by atoms with van der Waals surface area (Å²) in [4.78, 5) is 50.0. The number of benzene rings is 1. The molecule has 1 heterocycles. The van der Waals surface area contributed by atoms with Crippen LogP contribution in [0.15, 0.2) is 18.2 Å². The number of imide groups is 2. The minimum Gasteiger partial charge on any atom is -0.385 e. The van der Waals surface area contributed by atoms with Crippen molar-refractivity contribution >= 4 is 23.9 Å². The van der Waals surface area contributed by atoms with Gasteiger partial charge in [-0.2, -0.15) is 0 Å². The molecule has 0 unspecified atom stereocenters. The molecular weight excluding hydrogens is 376 g/mol. The zero-order valence-electron chi connectivity index (χ0n) is 16.7. The Hall–Kier alpha value is -2.94. The molecule has 6 amide bonds. The molecule has 0 saturated carbocycles. The molecule has 0 aromatic heterocycles. The highest BCUT2D eigenvalue weighted by Crippen LogP contribution is 2.32. The number of nitrogens with zero attached hydrogens (tertiary/aromatic N) is 1. The number of carbonyl (C=O) groups is 4. The van der Waals surface area contributed by atoms with Crippen LogP contribution in [0, 0.1) is 0 Å². The quantitative estimate of drug-likeness (QED) is 0.461. The third kappa shape index (κ3) is 4.40. The molecule has 1 aromatic carbocycles. The van der Waals surface area contributed by atoms with E-state index in [0.717, 1.165) is 24.2 Å². The molecule has 0 spiro atoms. The molecule has 9 nitrogen and oxygen atoms in total. The highest BCUT2D eigenvalue weighted by molar-refractivity contribution is 6.10. The van der Waals surface area contributed by atoms with Gasteiger partial charge in [0.25, 0.3) is 5.91 Å². The predicted octanol–water partition coefficient (Wildman–Crippen LogP) is 0.805. The number of nitrogens with one attached hydrogen (secondary N) is 3. The van der Waals surface area contributed by atoms with E-state index in [-0.39, 0.29) is 0 Å². The van der Waals surface area contributed by atoms with E-state index in [2.05, 4.69) is 16.0 Å². The Morgan fingerprint density at radius 3 is 2.76 bits per heavy atom. The zero-order valence-corrected chi connectivity index (χ0v) is 16.7. The summed E-state index contributed by atoms with van der Waals surface area (Å²) in [5.74, 6) is -1.26. The summed E-state index contributed by atoms with van der Waals surface area (Å²) in [5.41, 5.74) is 1.90. The highest BCUT2D eigenvalue weighted by Gasteiger charge is 2.49. The summed E-state index contributed by atoms with van der Waals surface area (Å²) in [5, 5.41) is 7.32. The Labute approximate surface area is 169 Å². The van der Waals surface area contributed by atoms with Gasteiger partial charge in [-0.3, -0.25) is 19.8 Å². The number of fused-ring (bicyclic) bond motifs is 1. The van der Waals surface area contributed by atoms with Crippen LogP contribution in [0.2, 0.25) is 0 Å². The number of ether oxygens (including phenoxy) is 1. The molecule has 3 rings (SSSR count). The van der Waals surface area contributed by atoms with E-state index in [1.165, 1.54) is 11.1 Å². The van der Waals surface area contributed by atoms with Crippen molar-refractivity contribution in [1.29, 1.82) is 0 Å². The van der Waals surface area contributed by atoms with Gasteiger partial charge < -0.3 is 15.4 Å². The number of aryl methyl sites for hydroxylation is 2. The number of hydrogen-bond donors (Lipinski definition) is 3. The smallest absolute Gasteiger partial charge is 0.325 e. The monoisotopic (exact) mass is 402 g/mol. The van der Waals surface area contributed by atoms with Crippen molar-refractivity contribution in [3.8, 4) is 0 Å². The third-order valence-corrected chi connectivity index (χ3v) is 5.32. The van der Waals surface area contributed by atoms with E-state index in [1.54, 1.807) is 14.0 Å². The predicted molar refractivity (Wildman–Crippen MR) is 104 cm³/mol. The van der Waals surface area contributed by atoms with Gasteiger partial charge in [0, 0.05) is 20.3 Å². The Kier molecular flexibility index (Phi) is 6.17. The average Bonchev–Trinajstić information content (AvgIpc) is 3.23. The van der Waals surface area contributed by atoms with Gasteiger partial charge in [0.2, 0.25) is 5.91 Å². The zero-order chi connectivity index (χ0) is 21.0. The lowest BCUT2D eigenvalue weighted by Gasteiger charge is -2.23. The normalized spacial score (nSPS) is 20.4. The second-order valence-corrected chi connectivity index (χ2v) is 7.43. The van der Waals surface area contributed by atoms with Crippen LogP contribution in [0.5, 0.6) is 0 Å². The van der Waals surface area contributed by atoms with Crippen LogP contribution >= 0.6 is 0 Å². The lowest BCUT2D eigenvalue weighted by atomic mass is 9.89. The first-order valence-corrected chi connectivity index (χ1v) is 9.68. The summed E-state index contributed by atoms with van der Waals surface area (Å²) >= 11 is 0. The van der Waals surface area contributed by atoms with Crippen molar-refractivity contribution in [1.82, 2.24) is 20.9 Å². The maximum atomic E-state index is 13.0. The van der Waals surface area contributed by atoms with Crippen LogP contribution in [-0.2, 0) is 32.7 Å². The van der Waals surface area contributed by atoms with Crippen molar-refractivity contribution in [2.24, 2.45) is 0 Å². The molecule has 156 valence electrons. The van der Waals surface area contributed by atoms with E-state index in [9.17, 15) is 19.2 Å². The van der Waals surface area contributed by atoms with Gasteiger partial charge in [-0.25, -0.2) is 9.59 Å². The summed E-state index contributed by atoms with van der Waals surface area (Å²) in [6.45, 7) is 1.92. The molecule has 1 aliphatic carbocycles. The number of urea groups is 2. The first kappa shape index (κ1) is 20.8. The molecule has 2 aliphatic rings. The Morgan fingerprint density at radius 1 is 1.24 bits per heavy atom. The van der Waals surface area contributed by atoms with Crippen molar-refractivity contribution in [2.45, 2.75) is 38.1 Å². The molecular formula is C20H26N4O5. The SMILES string of the molecule is COCCCNC(=O)NC(=O)CN1C(=O)N[C@](C)(c2ccc3c(c2)CCC3)C1=O. The van der Waals surface area contributed by atoms with E-state index in [4.69, 9.17) is 4.74 Å². The van der Waals surface area contributed by atoms with E-state index < -0.39 is 36.0 Å². The van der Waals surface area contributed by atoms with Crippen LogP contribution < -0.4 is 16.0 Å². The number of carbonyl (C=O) groups excluding carboxylic acids is 4. The molecule has 1 saturated heterocycles. The molecule has 0 radical (unpaired) electrons. The van der Waals surface area contributed by atoms with Crippen LogP contribution in [-0.4, -0.2) is 55.6 Å². The molecule has 1 aromatic rings. The van der Waals surface area contributed by atoms with Gasteiger partial charge in [0.15, 0.2) is 0 Å². The molecule has 1 aliphatic heterocycles. The lowest BCUT2D eigenvalue weighted by Crippen LogP contribution is -2.47. The number of amides is 6. The van der Waals surface area contributed by atoms with Crippen LogP contribution in [0.1, 0.15) is 36.5 Å². The van der Waals surface area contributed by atoms with Crippen LogP contribution in [0.25, 0.3) is 0 Å². The van der Waals surface area contributed by atoms with Crippen molar-refractivity contribution < 1.29 is 23.9 Å². The number of hydrogen-bond acceptors (Lipinski definition) is 5. The molecule has 9 heteroatoms. The van der Waals surface area contributed by atoms with Gasteiger partial charge in [-0.1, -0.05) is 18.2 Å². The van der Waals surface area contributed by atoms with E-state index >= 15 is 0 Å². The van der Waals surface area contributed by atoms with Crippen molar-refractivity contribution in [2.75, 3.05) is 26.8 Å². The van der Waals surface area contributed by atoms with E-state index in [1.807, 2.05) is 18.2 Å². The third-order valence-electron chi connectivity index (χ3n) is 5.32. The number of methoxy groups -OCH3 is 1. The fourth-order valence-corrected chi connectivity index (χ4v) is 3.69. The second kappa shape index (κ2) is 8.60. The molecule has 1 fully saturated rings. The van der Waals surface area contributed by atoms with E-state index in [0.29, 0.717) is 25.1 Å². The molecule has 3 N–H and O–H groups in total. The largest absolute Gasteiger partial charge is 0.385 e. The minimum absolute atomic E-state index is 0.340. The van der Waals surface area contributed by atoms with Crippen LogP contribution in [0.3, 0.4) is 0 Å². The maximum absolute atomic E-state index is 13.0. The fourth-order valence-electron chi connectivity index (χ4n) is 3.69. The van der Waals surface area contributed by atoms with Gasteiger partial charge in [-0.05, 0) is 49.3 Å². The molecule has 0 bridgehead atoms. The lowest BCUT2D eigenvalue weighted by molar-refractivity contribution is -0.134. The Bertz CT molecular complexity index is 840. The summed E-state index contributed by atoms with van der Waals surface area (Å²) in [6.07, 6.45) is 3.65. The number of rotatable bonds is 7. The van der Waals surface area contributed by atoms with Gasteiger partial charge in [0.1, 0.15) is 12.1 Å². The summed E-state index contributed by atoms with van der Waals surface area (Å²) < 4.78 is 4.87. The van der Waals surface area contributed by atoms with Crippen LogP contribution in [0.4, 0.5) is 9.59 Å². The van der Waals surface area contributed by atoms with Gasteiger partial charge in [0.05, 0.1) is 0 Å². The average molecular weight is 402 g/mol. The summed E-state index contributed by atoms with van der Waals surface area (Å²) in [6, 6.07) is 4.45. The minimum atomic E-state index is -1.24. The highest BCUT2D eigenvalue weighted by atomic mass is 16.5. The Balaban J connectivity index is 1.61. The molecule has 29 heavy (non-hydrogen) atoms. The van der Waals surface area contributed by atoms with Crippen molar-refractivity contribution in [3.05, 3.63) is 34.9 Å². The fraction of sp³-hybridized carbons (Fsp3) is 0.500. The topological polar surface area (TPSA) is 117 Å². The first-order chi connectivity index (χ1) is 13.8. The van der Waals surface area contributed by atoms with Gasteiger partial charge in [-0.15, -0.1) is 0 Å². The maximum Gasteiger partial charge on any atom is 0.325 e. The summed E-state index contributed by atoms with van der Waals surface area (Å²) in [7, 11) is 1.55. The van der Waals surface area contributed by atoms with Gasteiger partial charge >= 0.3 is 12.1 Å². The standard InChI is InChI=1S/C20H26N4O5/c1-20(15-8-7-13-5-3-6-14(13)11-15)17(26)24(19(28)23-20)12-16(25)22-18(27)21-9-4-10-29-2/h7-8,11H,3-6,9-10,12H2,1-2H3,(H,23,28)(H2,21,22,25,27)/t20-/m1/s1. The first-order valence-electron chi connectivity index (χ1n) is 9.68. The molecule has 1 atom stereocenters. The second-order valence-electron chi connectivity index (χ2n) is 7.43.